The number of piperazine rings is 1. The second-order valence-electron chi connectivity index (χ2n) is 9.32. The van der Waals surface area contributed by atoms with Crippen LogP contribution in [0.2, 0.25) is 0 Å². The number of aromatic amines is 1. The van der Waals surface area contributed by atoms with Gasteiger partial charge in [0.25, 0.3) is 0 Å². The van der Waals surface area contributed by atoms with Gasteiger partial charge in [-0.3, -0.25) is 4.79 Å². The highest BCUT2D eigenvalue weighted by Gasteiger charge is 2.39. The maximum Gasteiger partial charge on any atom is 0.443 e. The number of thiazole rings is 1. The highest BCUT2D eigenvalue weighted by Crippen LogP contribution is 2.42. The average molecular weight is 553 g/mol. The Bertz CT molecular complexity index is 1590. The van der Waals surface area contributed by atoms with Gasteiger partial charge in [-0.15, -0.1) is 0 Å². The molecule has 3 aromatic heterocycles. The number of nitrogens with zero attached hydrogens (tertiary/aromatic N) is 7. The number of aromatic nitrogens is 6. The zero-order valence-corrected chi connectivity index (χ0v) is 21.6. The molecular weight excluding hydrogens is 529 g/mol. The lowest BCUT2D eigenvalue weighted by Gasteiger charge is -2.40. The van der Waals surface area contributed by atoms with E-state index in [1.165, 1.54) is 4.80 Å². The smallest absolute Gasteiger partial charge is 0.358 e. The average Bonchev–Trinajstić information content (AvgIpc) is 3.68. The molecule has 1 N–H and O–H groups in total. The molecule has 5 aromatic rings. The third kappa shape index (κ3) is 4.97. The van der Waals surface area contributed by atoms with E-state index in [0.717, 1.165) is 16.8 Å². The minimum absolute atomic E-state index is 0.0504. The van der Waals surface area contributed by atoms with Gasteiger partial charge in [0.1, 0.15) is 10.7 Å². The second-order valence-corrected chi connectivity index (χ2v) is 10.3. The van der Waals surface area contributed by atoms with Gasteiger partial charge in [0.05, 0.1) is 35.5 Å². The summed E-state index contributed by atoms with van der Waals surface area (Å²) in [7, 11) is 0. The first-order chi connectivity index (χ1) is 18.8. The van der Waals surface area contributed by atoms with Crippen LogP contribution >= 0.6 is 11.3 Å². The summed E-state index contributed by atoms with van der Waals surface area (Å²) < 4.78 is 41.0. The SMILES string of the molecule is C[C@@H]1CN(c2sc(C(F)(F)F)nc2-c2nc3ccccc3[nH]2)CCN1C(=O)Cc1cccc(-n2nccn2)c1. The first-order valence-corrected chi connectivity index (χ1v) is 13.1. The molecule has 0 spiro atoms. The molecule has 200 valence electrons. The van der Waals surface area contributed by atoms with Crippen molar-refractivity contribution in [2.75, 3.05) is 24.5 Å². The van der Waals surface area contributed by atoms with Crippen molar-refractivity contribution in [1.29, 1.82) is 0 Å². The molecule has 2 aromatic carbocycles. The lowest BCUT2D eigenvalue weighted by Crippen LogP contribution is -2.54. The summed E-state index contributed by atoms with van der Waals surface area (Å²) in [6, 6.07) is 14.5. The van der Waals surface area contributed by atoms with Crippen LogP contribution in [0.3, 0.4) is 0 Å². The fraction of sp³-hybridized carbons (Fsp3) is 0.269. The zero-order chi connectivity index (χ0) is 27.1. The minimum atomic E-state index is -4.58. The molecule has 39 heavy (non-hydrogen) atoms. The van der Waals surface area contributed by atoms with Gasteiger partial charge in [0, 0.05) is 25.7 Å². The van der Waals surface area contributed by atoms with E-state index in [0.29, 0.717) is 41.5 Å². The van der Waals surface area contributed by atoms with Gasteiger partial charge in [-0.05, 0) is 36.8 Å². The summed E-state index contributed by atoms with van der Waals surface area (Å²) in [5.74, 6) is 0.237. The maximum atomic E-state index is 13.7. The van der Waals surface area contributed by atoms with Crippen molar-refractivity contribution in [1.82, 2.24) is 34.8 Å². The Morgan fingerprint density at radius 3 is 2.62 bits per heavy atom. The third-order valence-corrected chi connectivity index (χ3v) is 7.78. The summed E-state index contributed by atoms with van der Waals surface area (Å²) in [5, 5.41) is 7.72. The van der Waals surface area contributed by atoms with Gasteiger partial charge in [0.2, 0.25) is 10.9 Å². The number of hydrogen-bond donors (Lipinski definition) is 1. The summed E-state index contributed by atoms with van der Waals surface area (Å²) in [5.41, 5.74) is 3.12. The Labute approximate surface area is 224 Å². The van der Waals surface area contributed by atoms with E-state index in [9.17, 15) is 18.0 Å². The monoisotopic (exact) mass is 552 g/mol. The summed E-state index contributed by atoms with van der Waals surface area (Å²) >= 11 is 0.604. The van der Waals surface area contributed by atoms with Crippen LogP contribution in [-0.4, -0.2) is 66.4 Å². The van der Waals surface area contributed by atoms with Crippen molar-refractivity contribution < 1.29 is 18.0 Å². The number of alkyl halides is 3. The van der Waals surface area contributed by atoms with E-state index in [1.807, 2.05) is 54.3 Å². The lowest BCUT2D eigenvalue weighted by molar-refractivity contribution is -0.137. The predicted molar refractivity (Wildman–Crippen MR) is 141 cm³/mol. The minimum Gasteiger partial charge on any atom is -0.358 e. The number of benzene rings is 2. The molecule has 0 bridgehead atoms. The van der Waals surface area contributed by atoms with Crippen LogP contribution in [0.4, 0.5) is 18.2 Å². The number of nitrogens with one attached hydrogen (secondary N) is 1. The van der Waals surface area contributed by atoms with Crippen LogP contribution < -0.4 is 4.90 Å². The van der Waals surface area contributed by atoms with Crippen molar-refractivity contribution in [3.05, 3.63) is 71.5 Å². The van der Waals surface area contributed by atoms with Crippen LogP contribution in [0, 0.1) is 0 Å². The predicted octanol–water partition coefficient (Wildman–Crippen LogP) is 4.57. The number of fused-ring (bicyclic) bond motifs is 1. The molecule has 1 aliphatic heterocycles. The first kappa shape index (κ1) is 25.0. The molecule has 6 rings (SSSR count). The van der Waals surface area contributed by atoms with E-state index in [4.69, 9.17) is 0 Å². The van der Waals surface area contributed by atoms with Crippen molar-refractivity contribution >= 4 is 33.3 Å². The molecule has 0 saturated carbocycles. The summed E-state index contributed by atoms with van der Waals surface area (Å²) in [6.07, 6.45) is -1.21. The molecule has 0 unspecified atom stereocenters. The van der Waals surface area contributed by atoms with Crippen molar-refractivity contribution in [3.63, 3.8) is 0 Å². The van der Waals surface area contributed by atoms with E-state index in [2.05, 4.69) is 25.1 Å². The highest BCUT2D eigenvalue weighted by molar-refractivity contribution is 7.16. The number of para-hydroxylation sites is 2. The Morgan fingerprint density at radius 1 is 1.08 bits per heavy atom. The Morgan fingerprint density at radius 2 is 1.87 bits per heavy atom. The Hall–Kier alpha value is -4.26. The van der Waals surface area contributed by atoms with Gasteiger partial charge in [-0.1, -0.05) is 35.6 Å². The van der Waals surface area contributed by atoms with Gasteiger partial charge in [-0.25, -0.2) is 9.97 Å². The number of hydrogen-bond acceptors (Lipinski definition) is 7. The van der Waals surface area contributed by atoms with Gasteiger partial charge >= 0.3 is 6.18 Å². The van der Waals surface area contributed by atoms with Crippen molar-refractivity contribution in [2.45, 2.75) is 25.6 Å². The molecule has 1 amide bonds. The van der Waals surface area contributed by atoms with E-state index >= 15 is 0 Å². The maximum absolute atomic E-state index is 13.7. The largest absolute Gasteiger partial charge is 0.443 e. The molecular formula is C26H23F3N8OS. The number of carbonyl (C=O) groups is 1. The highest BCUT2D eigenvalue weighted by atomic mass is 32.1. The molecule has 0 radical (unpaired) electrons. The Kier molecular flexibility index (Phi) is 6.29. The van der Waals surface area contributed by atoms with Gasteiger partial charge in [-0.2, -0.15) is 28.2 Å². The van der Waals surface area contributed by atoms with Crippen molar-refractivity contribution in [3.8, 4) is 17.2 Å². The molecule has 0 aliphatic carbocycles. The zero-order valence-electron chi connectivity index (χ0n) is 20.8. The number of carbonyl (C=O) groups excluding carboxylic acids is 1. The van der Waals surface area contributed by atoms with Crippen LogP contribution in [0.5, 0.6) is 0 Å². The topological polar surface area (TPSA) is 95.8 Å². The van der Waals surface area contributed by atoms with Crippen molar-refractivity contribution in [2.24, 2.45) is 0 Å². The third-order valence-electron chi connectivity index (χ3n) is 6.62. The van der Waals surface area contributed by atoms with E-state index in [1.54, 1.807) is 23.4 Å². The summed E-state index contributed by atoms with van der Waals surface area (Å²) in [6.45, 7) is 3.02. The number of rotatable bonds is 5. The standard InChI is InChI=1S/C26H23F3N8OS/c1-16-15-35(11-12-36(16)21(38)14-17-5-4-6-18(13-17)37-30-9-10-31-37)24-22(34-25(39-24)26(27,28)29)23-32-19-7-2-3-8-20(19)33-23/h2-10,13,16H,11-12,14-15H2,1H3,(H,32,33)/t16-/m1/s1. The van der Waals surface area contributed by atoms with E-state index < -0.39 is 11.2 Å². The number of imidazole rings is 1. The molecule has 1 atom stereocenters. The number of H-pyrrole nitrogens is 1. The van der Waals surface area contributed by atoms with Crippen LogP contribution in [0.1, 0.15) is 17.5 Å². The summed E-state index contributed by atoms with van der Waals surface area (Å²) in [4.78, 5) is 29.9. The number of halogens is 3. The fourth-order valence-electron chi connectivity index (χ4n) is 4.80. The van der Waals surface area contributed by atoms with E-state index in [-0.39, 0.29) is 29.9 Å². The number of anilines is 1. The van der Waals surface area contributed by atoms with Gasteiger partial charge in [0.15, 0.2) is 5.82 Å². The molecule has 1 aliphatic rings. The molecule has 1 saturated heterocycles. The molecule has 1 fully saturated rings. The number of amides is 1. The molecule has 9 nitrogen and oxygen atoms in total. The van der Waals surface area contributed by atoms with Crippen LogP contribution in [0.25, 0.3) is 28.2 Å². The normalized spacial score (nSPS) is 16.3. The lowest BCUT2D eigenvalue weighted by atomic mass is 10.1. The Balaban J connectivity index is 1.22. The molecule has 4 heterocycles. The molecule has 13 heteroatoms. The fourth-order valence-corrected chi connectivity index (χ4v) is 5.77. The van der Waals surface area contributed by atoms with Crippen LogP contribution in [0.15, 0.2) is 60.9 Å². The van der Waals surface area contributed by atoms with Crippen LogP contribution in [-0.2, 0) is 17.4 Å². The van der Waals surface area contributed by atoms with Gasteiger partial charge < -0.3 is 14.8 Å². The first-order valence-electron chi connectivity index (χ1n) is 12.3. The quantitative estimate of drug-likeness (QED) is 0.343. The second kappa shape index (κ2) is 9.80.